The van der Waals surface area contributed by atoms with Crippen molar-refractivity contribution in [2.45, 2.75) is 192 Å². The number of carboxylic acid groups (broad SMARTS) is 1. The number of nitrogens with zero attached hydrogens (tertiary/aromatic N) is 10. The zero-order chi connectivity index (χ0) is 97.0. The molecule has 22 rings (SSSR count). The van der Waals surface area contributed by atoms with Crippen LogP contribution in [0.15, 0.2) is 207 Å². The Balaban J connectivity index is 0.000000149. The van der Waals surface area contributed by atoms with E-state index in [1.54, 1.807) is 0 Å². The molecule has 2 unspecified atom stereocenters. The molecule has 6 amide bonds. The number of likely N-dealkylation sites (tertiary alicyclic amines) is 4. The Labute approximate surface area is 815 Å². The molecule has 29 heteroatoms. The number of carboxylic acids is 1. The molecule has 4 bridgehead atoms. The van der Waals surface area contributed by atoms with E-state index < -0.39 is 41.9 Å². The van der Waals surface area contributed by atoms with Crippen LogP contribution in [0.5, 0.6) is 0 Å². The number of imidazole rings is 4. The number of hydrogen-bond acceptors (Lipinski definition) is 18. The molecule has 12 aromatic rings. The summed E-state index contributed by atoms with van der Waals surface area (Å²) in [5.41, 5.74) is 13.9. The van der Waals surface area contributed by atoms with E-state index in [4.69, 9.17) is 43.6 Å². The van der Waals surface area contributed by atoms with E-state index in [-0.39, 0.29) is 88.8 Å². The zero-order valence-corrected chi connectivity index (χ0v) is 81.1. The topological polar surface area (TPSA) is 344 Å². The van der Waals surface area contributed by atoms with Gasteiger partial charge in [0.2, 0.25) is 17.7 Å². The van der Waals surface area contributed by atoms with Crippen molar-refractivity contribution in [1.29, 1.82) is 0 Å². The Bertz CT molecular complexity index is 6530. The quantitative estimate of drug-likeness (QED) is 0.0310. The second-order valence-electron chi connectivity index (χ2n) is 41.8. The third-order valence-corrected chi connectivity index (χ3v) is 30.8. The lowest BCUT2D eigenvalue weighted by Crippen LogP contribution is -2.54. The SMILES string of the molecule is COC(=O)N[C@H](C(=O)N1[C@@H]2CC[C@@H](C2)[C@H]1c1ncc(-c2ccc(-c3ccc4cc(-c5cnc([C@@H]6CC7(CC7)CN6C(=O)C(c6ccccc6)N6CCOCC6)[nH]5)ccc4c3)cc2)[nH]1)C(C)C.COC(=O)N[C@H](C(=O)N1[C@@H]2CC[C@@H](C2)[C@H]1c1ncc(-c2ccc(-c3ccc4cc(-c5cnc([C@@H]6CC7(CC7)CN6C(=O)OC(C)(C)C)[nH]5)ccc4c3)cc2)[nH]1)C(C)C.O=C(O)C(c1ccccc1)N1CCOCC1. The summed E-state index contributed by atoms with van der Waals surface area (Å²) in [6.07, 6.45) is 18.4. The normalized spacial score (nSPS) is 22.4. The molecule has 0 radical (unpaired) electrons. The first-order valence-corrected chi connectivity index (χ1v) is 49.8. The number of methoxy groups -OCH3 is 2. The van der Waals surface area contributed by atoms with E-state index in [1.165, 1.54) is 14.2 Å². The molecule has 10 heterocycles. The number of aromatic amines is 4. The summed E-state index contributed by atoms with van der Waals surface area (Å²) in [6, 6.07) is 60.1. The van der Waals surface area contributed by atoms with Crippen molar-refractivity contribution in [2.75, 3.05) is 79.9 Å². The molecule has 7 N–H and O–H groups in total. The number of amides is 6. The second kappa shape index (κ2) is 39.4. The van der Waals surface area contributed by atoms with Crippen LogP contribution in [0.4, 0.5) is 14.4 Å². The smallest absolute Gasteiger partial charge is 0.410 e. The van der Waals surface area contributed by atoms with Crippen molar-refractivity contribution >= 4 is 63.5 Å². The number of rotatable bonds is 22. The van der Waals surface area contributed by atoms with Crippen molar-refractivity contribution in [3.8, 4) is 67.3 Å². The number of H-pyrrole nitrogens is 4. The minimum absolute atomic E-state index is 0.0823. The van der Waals surface area contributed by atoms with Crippen LogP contribution < -0.4 is 10.6 Å². The molecule has 6 saturated heterocycles. The second-order valence-corrected chi connectivity index (χ2v) is 41.8. The summed E-state index contributed by atoms with van der Waals surface area (Å²) >= 11 is 0. The monoisotopic (exact) mass is 1890 g/mol. The van der Waals surface area contributed by atoms with Gasteiger partial charge in [-0.1, -0.05) is 185 Å². The van der Waals surface area contributed by atoms with Gasteiger partial charge in [0.15, 0.2) is 0 Å². The number of fused-ring (bicyclic) bond motifs is 6. The highest BCUT2D eigenvalue weighted by Gasteiger charge is 2.58. The van der Waals surface area contributed by atoms with Crippen molar-refractivity contribution in [2.24, 2.45) is 34.5 Å². The number of nitrogens with one attached hydrogen (secondary N) is 6. The van der Waals surface area contributed by atoms with Gasteiger partial charge in [0.05, 0.1) is 112 Å². The Morgan fingerprint density at radius 2 is 0.779 bits per heavy atom. The Morgan fingerprint density at radius 1 is 0.429 bits per heavy atom. The molecule has 29 nitrogen and oxygen atoms in total. The average Bonchev–Trinajstić information content (AvgIpc) is 1.57. The van der Waals surface area contributed by atoms with Gasteiger partial charge in [0.25, 0.3) is 0 Å². The summed E-state index contributed by atoms with van der Waals surface area (Å²) < 4.78 is 26.4. The number of piperidine rings is 2. The Hall–Kier alpha value is -13.4. The van der Waals surface area contributed by atoms with E-state index >= 15 is 0 Å². The van der Waals surface area contributed by atoms with Gasteiger partial charge >= 0.3 is 24.2 Å². The Morgan fingerprint density at radius 3 is 1.17 bits per heavy atom. The van der Waals surface area contributed by atoms with Crippen LogP contribution in [0, 0.1) is 34.5 Å². The number of morpholine rings is 2. The average molecular weight is 1890 g/mol. The van der Waals surface area contributed by atoms with Gasteiger partial charge in [-0.2, -0.15) is 0 Å². The van der Waals surface area contributed by atoms with Crippen LogP contribution in [0.25, 0.3) is 88.8 Å². The van der Waals surface area contributed by atoms with Crippen LogP contribution >= 0.6 is 0 Å². The largest absolute Gasteiger partial charge is 0.480 e. The number of carbonyl (C=O) groups is 7. The van der Waals surface area contributed by atoms with E-state index in [9.17, 15) is 38.7 Å². The highest BCUT2D eigenvalue weighted by Crippen LogP contribution is 2.61. The van der Waals surface area contributed by atoms with Crippen molar-refractivity contribution in [3.63, 3.8) is 0 Å². The molecule has 10 aliphatic rings. The summed E-state index contributed by atoms with van der Waals surface area (Å²) in [4.78, 5) is 137. The standard InChI is InChI=1S/C53H58N8O5.C46H53N7O5.C12H15NO3/c1-32(2)45(58-52(64)65-3)50(62)61-41-18-17-40(27-41)46(61)49-55-29-42(57-49)34-11-9-33(10-12-34)36-13-14-38-26-39(16-15-37(38)25-36)43-30-54-48(56-43)44-28-53(19-20-53)31-60(44)51(63)47(35-7-5-4-6-8-35)59-21-23-66-24-22-59;1-26(2)38(51-43(55)57-6)42(54)53-34-16-15-33(21-34)39(53)41-48-23-35(50-41)28-9-7-27(8-10-28)29-11-12-31-20-32(14-13-30(31)19-29)36-24-47-40(49-36)37-22-46(17-18-46)25-52(37)44(56)58-45(3,4)5;14-12(15)11(10-4-2-1-3-5-10)13-6-8-16-9-7-13/h4-16,25-26,29-30,32,40-41,44-47H,17-24,27-28,31H2,1-3H3,(H,54,56)(H,55,57)(H,58,64);7-14,19-20,23-24,26,33-34,37-39H,15-18,21-22,25H2,1-6H3,(H,47,49)(H,48,50)(H,51,55);1-5,11H,6-9H2,(H,14,15)/t40-,41+,44-,45-,46-,47?;33-,34+,37-,38-,39-;/m00./s1. The third-order valence-electron chi connectivity index (χ3n) is 30.8. The number of alkyl carbamates (subject to hydrolysis) is 2. The minimum Gasteiger partial charge on any atom is -0.480 e. The molecule has 2 spiro atoms. The molecule has 12 atom stereocenters. The van der Waals surface area contributed by atoms with Crippen molar-refractivity contribution < 1.29 is 62.4 Å². The first-order chi connectivity index (χ1) is 67.7. The van der Waals surface area contributed by atoms with Crippen LogP contribution in [0.3, 0.4) is 0 Å². The first-order valence-electron chi connectivity index (χ1n) is 49.8. The molecule has 4 saturated carbocycles. The molecule has 728 valence electrons. The summed E-state index contributed by atoms with van der Waals surface area (Å²) in [7, 11) is 2.63. The molecule has 140 heavy (non-hydrogen) atoms. The molecule has 4 aliphatic carbocycles. The number of aromatic nitrogens is 8. The summed E-state index contributed by atoms with van der Waals surface area (Å²) in [5, 5.41) is 19.4. The fourth-order valence-electron chi connectivity index (χ4n) is 23.0. The lowest BCUT2D eigenvalue weighted by molar-refractivity contribution is -0.145. The van der Waals surface area contributed by atoms with E-state index in [2.05, 4.69) is 174 Å². The van der Waals surface area contributed by atoms with Crippen molar-refractivity contribution in [3.05, 3.63) is 241 Å². The zero-order valence-electron chi connectivity index (χ0n) is 81.1. The fourth-order valence-corrected chi connectivity index (χ4v) is 23.0. The Kier molecular flexibility index (Phi) is 26.5. The van der Waals surface area contributed by atoms with Gasteiger partial charge in [-0.05, 0) is 223 Å². The van der Waals surface area contributed by atoms with Gasteiger partial charge in [-0.15, -0.1) is 0 Å². The number of aliphatic carboxylic acids is 1. The maximum absolute atomic E-state index is 14.7. The van der Waals surface area contributed by atoms with Crippen LogP contribution in [-0.2, 0) is 42.9 Å². The molecular formula is C111H126N16O13. The van der Waals surface area contributed by atoms with Gasteiger partial charge in [0.1, 0.15) is 53.1 Å². The van der Waals surface area contributed by atoms with Gasteiger partial charge < -0.3 is 74.1 Å². The number of ether oxygens (including phenoxy) is 5. The lowest BCUT2D eigenvalue weighted by atomic mass is 9.95. The van der Waals surface area contributed by atoms with Crippen LogP contribution in [0.2, 0.25) is 0 Å². The van der Waals surface area contributed by atoms with Gasteiger partial charge in [-0.3, -0.25) is 33.9 Å². The maximum Gasteiger partial charge on any atom is 0.410 e. The molecule has 6 aliphatic heterocycles. The number of hydrogen-bond donors (Lipinski definition) is 7. The molecule has 4 aromatic heterocycles. The molecule has 8 aromatic carbocycles. The maximum atomic E-state index is 14.7. The van der Waals surface area contributed by atoms with E-state index in [1.807, 2.05) is 141 Å². The van der Waals surface area contributed by atoms with Crippen LogP contribution in [-0.4, -0.2) is 226 Å². The predicted octanol–water partition coefficient (Wildman–Crippen LogP) is 19.2. The van der Waals surface area contributed by atoms with E-state index in [0.717, 1.165) is 226 Å². The number of benzene rings is 8. The number of carbonyl (C=O) groups excluding carboxylic acids is 6. The van der Waals surface area contributed by atoms with Gasteiger partial charge in [-0.25, -0.2) is 34.3 Å². The predicted molar refractivity (Wildman–Crippen MR) is 532 cm³/mol. The highest BCUT2D eigenvalue weighted by molar-refractivity contribution is 5.93. The first kappa shape index (κ1) is 94.3. The molecular weight excluding hydrogens is 1770 g/mol. The molecule has 10 fully saturated rings. The third kappa shape index (κ3) is 19.6. The fraction of sp³-hybridized carbons (Fsp3) is 0.432. The highest BCUT2D eigenvalue weighted by atomic mass is 16.6. The summed E-state index contributed by atoms with van der Waals surface area (Å²) in [6.45, 7) is 20.2. The van der Waals surface area contributed by atoms with E-state index in [0.29, 0.717) is 51.4 Å². The van der Waals surface area contributed by atoms with Crippen molar-refractivity contribution in [1.82, 2.24) is 79.9 Å². The lowest BCUT2D eigenvalue weighted by Gasteiger charge is -2.37. The van der Waals surface area contributed by atoms with Crippen LogP contribution in [0.1, 0.15) is 196 Å². The summed E-state index contributed by atoms with van der Waals surface area (Å²) in [5.74, 6) is 2.88. The van der Waals surface area contributed by atoms with Gasteiger partial charge in [0, 0.05) is 62.5 Å². The minimum atomic E-state index is -0.798.